The molecule has 5 nitrogen and oxygen atoms in total. The average Bonchev–Trinajstić information content (AvgIpc) is 3.18. The van der Waals surface area contributed by atoms with E-state index in [0.717, 1.165) is 28.8 Å². The zero-order valence-electron chi connectivity index (χ0n) is 18.6. The van der Waals surface area contributed by atoms with E-state index in [1.54, 1.807) is 7.11 Å². The number of rotatable bonds is 3. The molecule has 2 heterocycles. The summed E-state index contributed by atoms with van der Waals surface area (Å²) in [6.07, 6.45) is 0.806. The van der Waals surface area contributed by atoms with Gasteiger partial charge in [0.25, 0.3) is 0 Å². The summed E-state index contributed by atoms with van der Waals surface area (Å²) in [5.41, 5.74) is 7.53. The van der Waals surface area contributed by atoms with Crippen molar-refractivity contribution in [1.82, 2.24) is 9.88 Å². The van der Waals surface area contributed by atoms with Crippen LogP contribution in [0, 0.1) is 13.8 Å². The molecule has 4 aromatic rings. The second-order valence-electron chi connectivity index (χ2n) is 8.45. The van der Waals surface area contributed by atoms with Crippen LogP contribution in [0.3, 0.4) is 0 Å². The number of urea groups is 1. The van der Waals surface area contributed by atoms with Crippen molar-refractivity contribution < 1.29 is 9.53 Å². The van der Waals surface area contributed by atoms with Crippen LogP contribution in [-0.2, 0) is 6.42 Å². The van der Waals surface area contributed by atoms with Gasteiger partial charge in [-0.1, -0.05) is 54.1 Å². The van der Waals surface area contributed by atoms with Gasteiger partial charge in [0.2, 0.25) is 0 Å². The summed E-state index contributed by atoms with van der Waals surface area (Å²) in [7, 11) is 1.62. The van der Waals surface area contributed by atoms with Crippen molar-refractivity contribution in [2.24, 2.45) is 0 Å². The number of fused-ring (bicyclic) bond motifs is 3. The lowest BCUT2D eigenvalue weighted by molar-refractivity contribution is 0.193. The quantitative estimate of drug-likeness (QED) is 0.425. The number of aromatic nitrogens is 1. The fourth-order valence-electron chi connectivity index (χ4n) is 4.66. The van der Waals surface area contributed by atoms with Crippen molar-refractivity contribution in [2.45, 2.75) is 26.3 Å². The first-order chi connectivity index (χ1) is 15.5. The molecule has 5 heteroatoms. The molecule has 1 atom stereocenters. The molecule has 0 bridgehead atoms. The van der Waals surface area contributed by atoms with Gasteiger partial charge in [-0.05, 0) is 55.2 Å². The number of H-pyrrole nitrogens is 1. The first kappa shape index (κ1) is 20.2. The first-order valence-electron chi connectivity index (χ1n) is 10.9. The van der Waals surface area contributed by atoms with Gasteiger partial charge in [0, 0.05) is 23.1 Å². The van der Waals surface area contributed by atoms with Crippen LogP contribution in [0.15, 0.2) is 66.7 Å². The van der Waals surface area contributed by atoms with Crippen molar-refractivity contribution in [1.29, 1.82) is 0 Å². The summed E-state index contributed by atoms with van der Waals surface area (Å²) in [5, 5.41) is 4.33. The summed E-state index contributed by atoms with van der Waals surface area (Å²) in [6, 6.07) is 22.3. The Kier molecular flexibility index (Phi) is 5.10. The van der Waals surface area contributed by atoms with Gasteiger partial charge >= 0.3 is 6.03 Å². The molecule has 162 valence electrons. The third-order valence-corrected chi connectivity index (χ3v) is 6.28. The van der Waals surface area contributed by atoms with Crippen LogP contribution in [0.1, 0.15) is 34.0 Å². The minimum atomic E-state index is -0.192. The number of carbonyl (C=O) groups excluding carboxylic acids is 1. The Morgan fingerprint density at radius 2 is 1.78 bits per heavy atom. The molecule has 0 spiro atoms. The molecule has 0 fully saturated rings. The highest BCUT2D eigenvalue weighted by Crippen LogP contribution is 2.39. The number of hydrogen-bond donors (Lipinski definition) is 2. The van der Waals surface area contributed by atoms with Gasteiger partial charge < -0.3 is 19.9 Å². The molecular weight excluding hydrogens is 398 g/mol. The van der Waals surface area contributed by atoms with E-state index in [2.05, 4.69) is 59.7 Å². The molecule has 2 N–H and O–H groups in total. The highest BCUT2D eigenvalue weighted by molar-refractivity contribution is 5.93. The lowest BCUT2D eigenvalue weighted by Gasteiger charge is -2.36. The van der Waals surface area contributed by atoms with Gasteiger partial charge in [0.05, 0.1) is 18.8 Å². The minimum Gasteiger partial charge on any atom is -0.495 e. The SMILES string of the molecule is COc1ccc(C)cc1NC(=O)N1CCc2c([nH]c3ccccc23)C1c1ccc(C)cc1. The van der Waals surface area contributed by atoms with Crippen LogP contribution < -0.4 is 10.1 Å². The van der Waals surface area contributed by atoms with Crippen LogP contribution in [0.25, 0.3) is 10.9 Å². The van der Waals surface area contributed by atoms with Crippen LogP contribution >= 0.6 is 0 Å². The summed E-state index contributed by atoms with van der Waals surface area (Å²) < 4.78 is 5.47. The second kappa shape index (κ2) is 8.08. The number of methoxy groups -OCH3 is 1. The topological polar surface area (TPSA) is 57.4 Å². The number of aryl methyl sites for hydroxylation is 2. The van der Waals surface area contributed by atoms with E-state index in [1.165, 1.54) is 16.5 Å². The molecule has 0 saturated carbocycles. The standard InChI is InChI=1S/C27H27N3O2/c1-17-8-11-19(12-9-17)26-25-21(20-6-4-5-7-22(20)28-25)14-15-30(26)27(31)29-23-16-18(2)10-13-24(23)32-3/h4-13,16,26,28H,14-15H2,1-3H3,(H,29,31). The Morgan fingerprint density at radius 1 is 1.03 bits per heavy atom. The van der Waals surface area contributed by atoms with E-state index in [9.17, 15) is 4.79 Å². The fourth-order valence-corrected chi connectivity index (χ4v) is 4.66. The van der Waals surface area contributed by atoms with Crippen molar-refractivity contribution >= 4 is 22.6 Å². The van der Waals surface area contributed by atoms with Crippen LogP contribution in [0.4, 0.5) is 10.5 Å². The molecule has 32 heavy (non-hydrogen) atoms. The number of nitrogens with one attached hydrogen (secondary N) is 2. The van der Waals surface area contributed by atoms with E-state index >= 15 is 0 Å². The second-order valence-corrected chi connectivity index (χ2v) is 8.45. The van der Waals surface area contributed by atoms with Gasteiger partial charge in [0.15, 0.2) is 0 Å². The highest BCUT2D eigenvalue weighted by atomic mass is 16.5. The Morgan fingerprint density at radius 3 is 2.56 bits per heavy atom. The van der Waals surface area contributed by atoms with Crippen molar-refractivity contribution in [3.05, 3.63) is 94.7 Å². The van der Waals surface area contributed by atoms with E-state index in [-0.39, 0.29) is 12.1 Å². The largest absolute Gasteiger partial charge is 0.495 e. The molecule has 1 aliphatic rings. The lowest BCUT2D eigenvalue weighted by atomic mass is 9.92. The zero-order chi connectivity index (χ0) is 22.2. The summed E-state index contributed by atoms with van der Waals surface area (Å²) >= 11 is 0. The summed E-state index contributed by atoms with van der Waals surface area (Å²) in [4.78, 5) is 19.1. The number of anilines is 1. The first-order valence-corrected chi connectivity index (χ1v) is 10.9. The van der Waals surface area contributed by atoms with Crippen molar-refractivity contribution in [3.63, 3.8) is 0 Å². The van der Waals surface area contributed by atoms with Gasteiger partial charge in [-0.25, -0.2) is 4.79 Å². The van der Waals surface area contributed by atoms with Gasteiger partial charge in [-0.3, -0.25) is 0 Å². The van der Waals surface area contributed by atoms with Gasteiger partial charge in [-0.2, -0.15) is 0 Å². The van der Waals surface area contributed by atoms with Crippen molar-refractivity contribution in [2.75, 3.05) is 19.0 Å². The number of nitrogens with zero attached hydrogens (tertiary/aromatic N) is 1. The number of hydrogen-bond acceptors (Lipinski definition) is 2. The Hall–Kier alpha value is -3.73. The van der Waals surface area contributed by atoms with Crippen LogP contribution in [0.2, 0.25) is 0 Å². The summed E-state index contributed by atoms with van der Waals surface area (Å²) in [5.74, 6) is 0.652. The number of aromatic amines is 1. The number of ether oxygens (including phenoxy) is 1. The molecule has 3 aromatic carbocycles. The average molecular weight is 426 g/mol. The molecule has 0 aliphatic carbocycles. The Balaban J connectivity index is 1.57. The molecule has 1 aliphatic heterocycles. The van der Waals surface area contributed by atoms with Crippen molar-refractivity contribution in [3.8, 4) is 5.75 Å². The Bertz CT molecular complexity index is 1290. The molecule has 5 rings (SSSR count). The smallest absolute Gasteiger partial charge is 0.322 e. The lowest BCUT2D eigenvalue weighted by Crippen LogP contribution is -2.43. The normalized spacial score (nSPS) is 15.5. The highest BCUT2D eigenvalue weighted by Gasteiger charge is 2.34. The Labute approximate surface area is 188 Å². The number of para-hydroxylation sites is 1. The third-order valence-electron chi connectivity index (χ3n) is 6.28. The van der Waals surface area contributed by atoms with Gasteiger partial charge in [0.1, 0.15) is 5.75 Å². The summed E-state index contributed by atoms with van der Waals surface area (Å²) in [6.45, 7) is 4.71. The number of benzene rings is 3. The molecular formula is C27H27N3O2. The predicted octanol–water partition coefficient (Wildman–Crippen LogP) is 5.97. The predicted molar refractivity (Wildman–Crippen MR) is 128 cm³/mol. The van der Waals surface area contributed by atoms with Gasteiger partial charge in [-0.15, -0.1) is 0 Å². The number of carbonyl (C=O) groups is 1. The maximum absolute atomic E-state index is 13.6. The van der Waals surface area contributed by atoms with E-state index in [0.29, 0.717) is 18.0 Å². The van der Waals surface area contributed by atoms with E-state index in [1.807, 2.05) is 36.1 Å². The fraction of sp³-hybridized carbons (Fsp3) is 0.222. The molecule has 1 aromatic heterocycles. The molecule has 0 radical (unpaired) electrons. The molecule has 1 unspecified atom stereocenters. The monoisotopic (exact) mass is 425 g/mol. The third kappa shape index (κ3) is 3.50. The number of amides is 2. The van der Waals surface area contributed by atoms with E-state index in [4.69, 9.17) is 4.74 Å². The molecule has 0 saturated heterocycles. The zero-order valence-corrected chi connectivity index (χ0v) is 18.6. The maximum Gasteiger partial charge on any atom is 0.322 e. The van der Waals surface area contributed by atoms with E-state index < -0.39 is 0 Å². The van der Waals surface area contributed by atoms with Crippen LogP contribution in [0.5, 0.6) is 5.75 Å². The maximum atomic E-state index is 13.6. The minimum absolute atomic E-state index is 0.135. The van der Waals surface area contributed by atoms with Crippen LogP contribution in [-0.4, -0.2) is 29.6 Å². The molecule has 2 amide bonds.